The van der Waals surface area contributed by atoms with Crippen molar-refractivity contribution < 1.29 is 0 Å². The van der Waals surface area contributed by atoms with E-state index in [1.807, 2.05) is 66.7 Å². The molecule has 0 amide bonds. The Labute approximate surface area is 127 Å². The first kappa shape index (κ1) is 23.5. The van der Waals surface area contributed by atoms with E-state index < -0.39 is 0 Å². The van der Waals surface area contributed by atoms with Crippen molar-refractivity contribution in [3.63, 3.8) is 0 Å². The van der Waals surface area contributed by atoms with E-state index in [-0.39, 0.29) is 0 Å². The van der Waals surface area contributed by atoms with Crippen molar-refractivity contribution in [1.29, 1.82) is 0 Å². The maximum Gasteiger partial charge on any atom is -0.0184 e. The molecule has 0 heteroatoms. The van der Waals surface area contributed by atoms with Gasteiger partial charge in [-0.25, -0.2) is 0 Å². The number of hydrogen-bond acceptors (Lipinski definition) is 0. The lowest BCUT2D eigenvalue weighted by atomic mass is 9.99. The first-order chi connectivity index (χ1) is 9.72. The molecular weight excluding hydrogens is 240 g/mol. The van der Waals surface area contributed by atoms with Crippen molar-refractivity contribution in [1.82, 2.24) is 0 Å². The van der Waals surface area contributed by atoms with E-state index in [9.17, 15) is 0 Å². The van der Waals surface area contributed by atoms with Gasteiger partial charge in [-0.05, 0) is 42.2 Å². The Morgan fingerprint density at radius 3 is 1.50 bits per heavy atom. The molecule has 0 aliphatic heterocycles. The highest BCUT2D eigenvalue weighted by atomic mass is 14.0. The van der Waals surface area contributed by atoms with Gasteiger partial charge in [-0.3, -0.25) is 0 Å². The molecule has 20 heavy (non-hydrogen) atoms. The molecule has 0 saturated heterocycles. The van der Waals surface area contributed by atoms with Crippen molar-refractivity contribution in [3.8, 4) is 0 Å². The van der Waals surface area contributed by atoms with Crippen LogP contribution in [-0.4, -0.2) is 0 Å². The Balaban J connectivity index is -0.000000425. The minimum Gasteiger partial charge on any atom is -0.0984 e. The smallest absolute Gasteiger partial charge is 0.0184 e. The lowest BCUT2D eigenvalue weighted by Gasteiger charge is -2.06. The van der Waals surface area contributed by atoms with Crippen LogP contribution in [0.2, 0.25) is 0 Å². The van der Waals surface area contributed by atoms with Crippen LogP contribution < -0.4 is 0 Å². The highest BCUT2D eigenvalue weighted by molar-refractivity contribution is 5.69. The number of benzene rings is 1. The predicted molar refractivity (Wildman–Crippen MR) is 100 cm³/mol. The molecular formula is C20H34. The summed E-state index contributed by atoms with van der Waals surface area (Å²) < 4.78 is 0. The summed E-state index contributed by atoms with van der Waals surface area (Å²) in [4.78, 5) is 0. The Hall–Kier alpha value is -1.56. The molecule has 0 heterocycles. The second-order valence-electron chi connectivity index (χ2n) is 3.25. The van der Waals surface area contributed by atoms with Crippen molar-refractivity contribution in [2.24, 2.45) is 0 Å². The Kier molecular flexibility index (Phi) is 20.5. The molecule has 114 valence electrons. The normalized spacial score (nSPS) is 8.20. The highest BCUT2D eigenvalue weighted by Crippen LogP contribution is 2.19. The molecule has 0 aromatic heterocycles. The van der Waals surface area contributed by atoms with Crippen LogP contribution >= 0.6 is 0 Å². The zero-order chi connectivity index (χ0) is 16.6. The van der Waals surface area contributed by atoms with Crippen LogP contribution in [0.15, 0.2) is 31.4 Å². The summed E-state index contributed by atoms with van der Waals surface area (Å²) in [6, 6.07) is 4.28. The predicted octanol–water partition coefficient (Wildman–Crippen LogP) is 7.39. The quantitative estimate of drug-likeness (QED) is 0.539. The molecule has 0 aliphatic rings. The minimum absolute atomic E-state index is 1.14. The van der Waals surface area contributed by atoms with Gasteiger partial charge in [0, 0.05) is 0 Å². The van der Waals surface area contributed by atoms with Crippen LogP contribution in [-0.2, 0) is 0 Å². The van der Waals surface area contributed by atoms with E-state index in [1.165, 1.54) is 11.1 Å². The van der Waals surface area contributed by atoms with E-state index in [1.54, 1.807) is 0 Å². The molecule has 0 spiro atoms. The van der Waals surface area contributed by atoms with Crippen LogP contribution in [0.4, 0.5) is 0 Å². The monoisotopic (exact) mass is 274 g/mol. The van der Waals surface area contributed by atoms with Crippen LogP contribution in [0.3, 0.4) is 0 Å². The molecule has 0 radical (unpaired) electrons. The lowest BCUT2D eigenvalue weighted by Crippen LogP contribution is -1.87. The molecule has 1 rings (SSSR count). The molecule has 0 unspecified atom stereocenters. The lowest BCUT2D eigenvalue weighted by molar-refractivity contribution is 1.42. The fourth-order valence-corrected chi connectivity index (χ4v) is 1.48. The third-order valence-corrected chi connectivity index (χ3v) is 2.26. The van der Waals surface area contributed by atoms with Gasteiger partial charge >= 0.3 is 0 Å². The standard InChI is InChI=1S/C14H16.3C2H6/c1-5-8-14-10-13(7-3)12(6-2)9-11(14)4;3*1-2/h5-10H,2-3H2,1,4H3;3*1-2H3/b8-5-;;;. The number of hydrogen-bond donors (Lipinski definition) is 0. The van der Waals surface area contributed by atoms with Crippen LogP contribution in [0, 0.1) is 6.92 Å². The summed E-state index contributed by atoms with van der Waals surface area (Å²) in [7, 11) is 0. The Morgan fingerprint density at radius 2 is 1.15 bits per heavy atom. The van der Waals surface area contributed by atoms with Gasteiger partial charge in [0.05, 0.1) is 0 Å². The largest absolute Gasteiger partial charge is 0.0984 e. The van der Waals surface area contributed by atoms with Gasteiger partial charge in [0.2, 0.25) is 0 Å². The summed E-state index contributed by atoms with van der Waals surface area (Å²) in [6.45, 7) is 23.7. The number of aryl methyl sites for hydroxylation is 1. The molecule has 0 fully saturated rings. The SMILES string of the molecule is C=Cc1cc(C)c(/C=C\C)cc1C=C.CC.CC.CC. The van der Waals surface area contributed by atoms with Crippen LogP contribution in [0.25, 0.3) is 18.2 Å². The van der Waals surface area contributed by atoms with Crippen molar-refractivity contribution in [3.05, 3.63) is 53.6 Å². The third kappa shape index (κ3) is 8.53. The molecule has 0 atom stereocenters. The van der Waals surface area contributed by atoms with Crippen LogP contribution in [0.1, 0.15) is 70.7 Å². The topological polar surface area (TPSA) is 0 Å². The molecule has 0 aliphatic carbocycles. The van der Waals surface area contributed by atoms with Gasteiger partial charge in [-0.1, -0.05) is 85.1 Å². The van der Waals surface area contributed by atoms with E-state index >= 15 is 0 Å². The molecule has 1 aromatic carbocycles. The number of allylic oxidation sites excluding steroid dienone is 1. The van der Waals surface area contributed by atoms with Crippen molar-refractivity contribution in [2.75, 3.05) is 0 Å². The summed E-state index contributed by atoms with van der Waals surface area (Å²) in [5.74, 6) is 0. The molecule has 0 N–H and O–H groups in total. The Morgan fingerprint density at radius 1 is 0.750 bits per heavy atom. The van der Waals surface area contributed by atoms with Crippen LogP contribution in [0.5, 0.6) is 0 Å². The maximum absolute atomic E-state index is 3.80. The summed E-state index contributed by atoms with van der Waals surface area (Å²) >= 11 is 0. The first-order valence-corrected chi connectivity index (χ1v) is 7.75. The van der Waals surface area contributed by atoms with Crippen molar-refractivity contribution >= 4 is 18.2 Å². The van der Waals surface area contributed by atoms with Gasteiger partial charge in [0.15, 0.2) is 0 Å². The molecule has 0 saturated carbocycles. The van der Waals surface area contributed by atoms with Gasteiger partial charge in [-0.2, -0.15) is 0 Å². The average molecular weight is 274 g/mol. The molecule has 1 aromatic rings. The zero-order valence-electron chi connectivity index (χ0n) is 14.9. The summed E-state index contributed by atoms with van der Waals surface area (Å²) in [5, 5.41) is 0. The maximum atomic E-state index is 3.80. The molecule has 0 nitrogen and oxygen atoms in total. The van der Waals surface area contributed by atoms with E-state index in [0.717, 1.165) is 11.1 Å². The van der Waals surface area contributed by atoms with E-state index in [0.29, 0.717) is 0 Å². The average Bonchev–Trinajstić information content (AvgIpc) is 2.55. The van der Waals surface area contributed by atoms with Crippen molar-refractivity contribution in [2.45, 2.75) is 55.4 Å². The second kappa shape index (κ2) is 17.4. The fraction of sp³-hybridized carbons (Fsp3) is 0.400. The van der Waals surface area contributed by atoms with E-state index in [2.05, 4.69) is 38.3 Å². The third-order valence-electron chi connectivity index (χ3n) is 2.26. The van der Waals surface area contributed by atoms with Gasteiger partial charge in [-0.15, -0.1) is 0 Å². The minimum atomic E-state index is 1.14. The van der Waals surface area contributed by atoms with Gasteiger partial charge < -0.3 is 0 Å². The fourth-order valence-electron chi connectivity index (χ4n) is 1.48. The highest BCUT2D eigenvalue weighted by Gasteiger charge is 2.00. The summed E-state index contributed by atoms with van der Waals surface area (Å²) in [6.07, 6.45) is 7.88. The zero-order valence-corrected chi connectivity index (χ0v) is 14.9. The van der Waals surface area contributed by atoms with E-state index in [4.69, 9.17) is 0 Å². The first-order valence-electron chi connectivity index (χ1n) is 7.75. The Bertz CT molecular complexity index is 381. The van der Waals surface area contributed by atoms with Gasteiger partial charge in [0.1, 0.15) is 0 Å². The molecule has 0 bridgehead atoms. The van der Waals surface area contributed by atoms with Gasteiger partial charge in [0.25, 0.3) is 0 Å². The second-order valence-corrected chi connectivity index (χ2v) is 3.25. The number of rotatable bonds is 3. The summed E-state index contributed by atoms with van der Waals surface area (Å²) in [5.41, 5.74) is 4.79.